The Bertz CT molecular complexity index is 1220. The van der Waals surface area contributed by atoms with Gasteiger partial charge in [-0.1, -0.05) is 39.5 Å². The third-order valence-corrected chi connectivity index (χ3v) is 11.0. The normalized spacial score (nSPS) is 18.3. The number of ether oxygens (including phenoxy) is 6. The van der Waals surface area contributed by atoms with Crippen LogP contribution in [0.25, 0.3) is 0 Å². The summed E-state index contributed by atoms with van der Waals surface area (Å²) in [5, 5.41) is 5.77. The van der Waals surface area contributed by atoms with E-state index in [-0.39, 0.29) is 97.4 Å². The van der Waals surface area contributed by atoms with Gasteiger partial charge in [0.05, 0.1) is 43.9 Å². The molecule has 0 amide bonds. The van der Waals surface area contributed by atoms with Crippen LogP contribution in [0.15, 0.2) is 21.5 Å². The molecule has 4 unspecified atom stereocenters. The van der Waals surface area contributed by atoms with Crippen molar-refractivity contribution in [2.24, 2.45) is 0 Å². The summed E-state index contributed by atoms with van der Waals surface area (Å²) in [6.45, 7) is 5.82. The van der Waals surface area contributed by atoms with Crippen LogP contribution in [-0.4, -0.2) is 88.3 Å². The van der Waals surface area contributed by atoms with Crippen molar-refractivity contribution >= 4 is 42.9 Å². The average molecular weight is 745 g/mol. The molecule has 2 aromatic rings. The van der Waals surface area contributed by atoms with E-state index in [4.69, 9.17) is 28.4 Å². The molecule has 0 aliphatic carbocycles. The van der Waals surface area contributed by atoms with E-state index in [1.807, 2.05) is 35.4 Å². The Balaban J connectivity index is 0.000000441. The van der Waals surface area contributed by atoms with Crippen molar-refractivity contribution in [3.8, 4) is 23.0 Å². The second-order valence-electron chi connectivity index (χ2n) is 10.5. The maximum absolute atomic E-state index is 11.2. The molecule has 0 radical (unpaired) electrons. The van der Waals surface area contributed by atoms with Gasteiger partial charge in [0.25, 0.3) is 0 Å². The van der Waals surface area contributed by atoms with Gasteiger partial charge in [-0.3, -0.25) is 0 Å². The van der Waals surface area contributed by atoms with Crippen molar-refractivity contribution < 1.29 is 113 Å². The smallest absolute Gasteiger partial charge is 0.748 e. The topological polar surface area (TPSA) is 170 Å². The van der Waals surface area contributed by atoms with Gasteiger partial charge in [-0.05, 0) is 25.7 Å². The first-order chi connectivity index (χ1) is 21.0. The van der Waals surface area contributed by atoms with E-state index in [0.717, 1.165) is 37.2 Å². The minimum absolute atomic E-state index is 0. The van der Waals surface area contributed by atoms with E-state index in [2.05, 4.69) is 0 Å². The van der Waals surface area contributed by atoms with Gasteiger partial charge in [-0.2, -0.15) is 0 Å². The Morgan fingerprint density at radius 1 is 0.696 bits per heavy atom. The third-order valence-electron chi connectivity index (χ3n) is 6.97. The first-order valence-electron chi connectivity index (χ1n) is 14.8. The number of thiophene rings is 2. The van der Waals surface area contributed by atoms with E-state index < -0.39 is 30.7 Å². The summed E-state index contributed by atoms with van der Waals surface area (Å²) in [4.78, 5) is 0. The second kappa shape index (κ2) is 22.9. The number of fused-ring (bicyclic) bond motifs is 2. The van der Waals surface area contributed by atoms with Gasteiger partial charge in [0.2, 0.25) is 0 Å². The summed E-state index contributed by atoms with van der Waals surface area (Å²) in [6, 6.07) is 0. The predicted molar refractivity (Wildman–Crippen MR) is 165 cm³/mol. The molecule has 0 aromatic carbocycles. The van der Waals surface area contributed by atoms with Crippen LogP contribution in [-0.2, 0) is 29.7 Å². The van der Waals surface area contributed by atoms with Crippen LogP contribution in [0.2, 0.25) is 0 Å². The fourth-order valence-corrected chi connectivity index (χ4v) is 7.50. The summed E-state index contributed by atoms with van der Waals surface area (Å²) in [6.07, 6.45) is 4.01. The molecule has 4 heterocycles. The molecule has 0 fully saturated rings. The number of hydrogen-bond acceptors (Lipinski definition) is 14. The molecule has 252 valence electrons. The van der Waals surface area contributed by atoms with Crippen LogP contribution in [0.5, 0.6) is 23.0 Å². The van der Waals surface area contributed by atoms with Crippen molar-refractivity contribution in [2.75, 3.05) is 39.6 Å². The van der Waals surface area contributed by atoms with Crippen LogP contribution in [0.3, 0.4) is 0 Å². The van der Waals surface area contributed by atoms with Gasteiger partial charge in [0.15, 0.2) is 35.2 Å². The molecule has 0 N–H and O–H groups in total. The van der Waals surface area contributed by atoms with E-state index in [1.54, 1.807) is 0 Å². The number of rotatable bonds is 18. The minimum Gasteiger partial charge on any atom is -0.748 e. The van der Waals surface area contributed by atoms with E-state index >= 15 is 0 Å². The quantitative estimate of drug-likeness (QED) is 0.102. The van der Waals surface area contributed by atoms with Crippen molar-refractivity contribution in [2.45, 2.75) is 87.9 Å². The van der Waals surface area contributed by atoms with E-state index in [0.29, 0.717) is 50.8 Å². The van der Waals surface area contributed by atoms with Gasteiger partial charge >= 0.3 is 59.1 Å². The molecule has 2 aromatic heterocycles. The molecular weight excluding hydrogens is 703 g/mol. The van der Waals surface area contributed by atoms with Crippen LogP contribution in [0.4, 0.5) is 0 Å². The molecule has 4 rings (SSSR count). The average Bonchev–Trinajstić information content (AvgIpc) is 3.64. The second-order valence-corrected chi connectivity index (χ2v) is 15.3. The zero-order valence-electron chi connectivity index (χ0n) is 27.1. The Morgan fingerprint density at radius 3 is 1.41 bits per heavy atom. The Hall–Kier alpha value is 0.340. The zero-order chi connectivity index (χ0) is 32.0. The monoisotopic (exact) mass is 744 g/mol. The van der Waals surface area contributed by atoms with Crippen LogP contribution in [0, 0.1) is 0 Å². The predicted octanol–water partition coefficient (Wildman–Crippen LogP) is -1.19. The first-order valence-corrected chi connectivity index (χ1v) is 19.6. The van der Waals surface area contributed by atoms with Crippen molar-refractivity contribution in [3.05, 3.63) is 21.5 Å². The van der Waals surface area contributed by atoms with Crippen LogP contribution < -0.4 is 78.1 Å². The molecule has 0 saturated carbocycles. The maximum Gasteiger partial charge on any atom is 1.00 e. The molecule has 0 bridgehead atoms. The minimum atomic E-state index is -4.26. The third kappa shape index (κ3) is 15.9. The molecule has 46 heavy (non-hydrogen) atoms. The van der Waals surface area contributed by atoms with Gasteiger partial charge in [0, 0.05) is 34.7 Å². The number of unbranched alkanes of at least 4 members (excludes halogenated alkanes) is 2. The first kappa shape index (κ1) is 44.4. The molecule has 0 saturated heterocycles. The van der Waals surface area contributed by atoms with E-state index in [9.17, 15) is 25.9 Å². The summed E-state index contributed by atoms with van der Waals surface area (Å²) < 4.78 is 100. The van der Waals surface area contributed by atoms with Crippen LogP contribution >= 0.6 is 22.7 Å². The van der Waals surface area contributed by atoms with Crippen molar-refractivity contribution in [1.82, 2.24) is 0 Å². The van der Waals surface area contributed by atoms with Gasteiger partial charge < -0.3 is 37.5 Å². The SMILES string of the molecule is CCCCC(CCOCC1COc2cscc2O1)S(=O)(=O)[O-].CCCCC(CCOCC1COc2cscc2O1)S(=O)(=O)[O-].[Na+].[Na+]. The Labute approximate surface area is 325 Å². The van der Waals surface area contributed by atoms with Gasteiger partial charge in [0.1, 0.15) is 13.2 Å². The molecule has 2 aliphatic heterocycles. The van der Waals surface area contributed by atoms with Crippen molar-refractivity contribution in [3.63, 3.8) is 0 Å². The molecule has 0 spiro atoms. The summed E-state index contributed by atoms with van der Waals surface area (Å²) in [5.41, 5.74) is 0. The summed E-state index contributed by atoms with van der Waals surface area (Å²) >= 11 is 3.02. The van der Waals surface area contributed by atoms with Gasteiger partial charge in [-0.15, -0.1) is 22.7 Å². The largest absolute Gasteiger partial charge is 1.00 e. The Kier molecular flexibility index (Phi) is 22.1. The molecule has 2 aliphatic rings. The molecular formula is C28H42Na2O12S4. The molecule has 4 atom stereocenters. The van der Waals surface area contributed by atoms with E-state index in [1.165, 1.54) is 22.7 Å². The summed E-state index contributed by atoms with van der Waals surface area (Å²) in [7, 11) is -8.52. The fourth-order valence-electron chi connectivity index (χ4n) is 4.48. The molecule has 12 nitrogen and oxygen atoms in total. The molecule has 18 heteroatoms. The van der Waals surface area contributed by atoms with Crippen molar-refractivity contribution in [1.29, 1.82) is 0 Å². The van der Waals surface area contributed by atoms with Crippen LogP contribution in [0.1, 0.15) is 65.2 Å². The number of hydrogen-bond donors (Lipinski definition) is 0. The standard InChI is InChI=1S/2C14H22O6S2.2Na/c2*1-2-3-4-12(22(15,16)17)5-6-18-7-11-8-19-13-9-21-10-14(13)20-11;;/h2*9-12H,2-8H2,1H3,(H,15,16,17);;/q;;2*+1/p-2. The Morgan fingerprint density at radius 2 is 1.07 bits per heavy atom. The zero-order valence-corrected chi connectivity index (χ0v) is 34.3. The van der Waals surface area contributed by atoms with Gasteiger partial charge in [-0.25, -0.2) is 16.8 Å². The maximum atomic E-state index is 11.2. The fraction of sp³-hybridized carbons (Fsp3) is 0.714. The summed E-state index contributed by atoms with van der Waals surface area (Å²) in [5.74, 6) is 2.93.